The molecule has 0 aromatic carbocycles. The zero-order valence-corrected chi connectivity index (χ0v) is 16.2. The second-order valence-electron chi connectivity index (χ2n) is 8.73. The molecule has 2 fully saturated rings. The molecule has 0 spiro atoms. The monoisotopic (exact) mass is 372 g/mol. The van der Waals surface area contributed by atoms with E-state index in [0.29, 0.717) is 19.4 Å². The van der Waals surface area contributed by atoms with Gasteiger partial charge < -0.3 is 15.5 Å². The Labute approximate surface area is 159 Å². The minimum Gasteiger partial charge on any atom is -0.329 e. The number of Topliss-reactive ketones (excluding diaryl/α,β-unsaturated/α-hetero) is 1. The molecule has 1 aromatic rings. The Hall–Kier alpha value is -2.28. The molecule has 3 unspecified atom stereocenters. The summed E-state index contributed by atoms with van der Waals surface area (Å²) in [6.45, 7) is 6.63. The summed E-state index contributed by atoms with van der Waals surface area (Å²) in [6.07, 6.45) is 4.69. The Morgan fingerprint density at radius 2 is 2.07 bits per heavy atom. The van der Waals surface area contributed by atoms with Gasteiger partial charge in [-0.05, 0) is 29.9 Å². The minimum atomic E-state index is -0.628. The fraction of sp³-hybridized carbons (Fsp3) is 0.600. The lowest BCUT2D eigenvalue weighted by Crippen LogP contribution is -2.50. The molecule has 2 amide bonds. The van der Waals surface area contributed by atoms with Crippen molar-refractivity contribution < 1.29 is 14.4 Å². The lowest BCUT2D eigenvalue weighted by molar-refractivity contribution is -0.138. The molecule has 3 rings (SSSR count). The van der Waals surface area contributed by atoms with Gasteiger partial charge in [-0.1, -0.05) is 26.8 Å². The lowest BCUT2D eigenvalue weighted by Gasteiger charge is -2.29. The molecular formula is C20H28N4O3. The van der Waals surface area contributed by atoms with Gasteiger partial charge in [0.05, 0.1) is 25.0 Å². The standard InChI is InChI=1S/C20H28N4O3/c1-20(2,3)10-14(21)19(27)23-8-6-15-18(23)16(25)12-24(15)17(26)9-13-5-4-7-22-11-13/h4-5,7,11,14-15,18H,6,8-10,12,21H2,1-3H3. The number of fused-ring (bicyclic) bond motifs is 1. The fourth-order valence-corrected chi connectivity index (χ4v) is 4.13. The number of hydrogen-bond acceptors (Lipinski definition) is 5. The molecule has 2 aliphatic rings. The van der Waals surface area contributed by atoms with E-state index in [-0.39, 0.29) is 42.0 Å². The van der Waals surface area contributed by atoms with E-state index in [4.69, 9.17) is 5.73 Å². The van der Waals surface area contributed by atoms with Crippen LogP contribution in [0.4, 0.5) is 0 Å². The van der Waals surface area contributed by atoms with Crippen LogP contribution in [-0.2, 0) is 20.8 Å². The summed E-state index contributed by atoms with van der Waals surface area (Å²) in [4.78, 5) is 45.4. The van der Waals surface area contributed by atoms with Crippen molar-refractivity contribution in [2.45, 2.75) is 58.2 Å². The second kappa shape index (κ2) is 7.38. The van der Waals surface area contributed by atoms with E-state index in [1.54, 1.807) is 28.3 Å². The highest BCUT2D eigenvalue weighted by atomic mass is 16.2. The van der Waals surface area contributed by atoms with E-state index in [1.807, 2.05) is 26.8 Å². The summed E-state index contributed by atoms with van der Waals surface area (Å²) < 4.78 is 0. The maximum absolute atomic E-state index is 12.8. The molecule has 0 saturated carbocycles. The predicted octanol–water partition coefficient (Wildman–Crippen LogP) is 0.768. The fourth-order valence-electron chi connectivity index (χ4n) is 4.13. The zero-order chi connectivity index (χ0) is 19.8. The third-order valence-electron chi connectivity index (χ3n) is 5.25. The van der Waals surface area contributed by atoms with Crippen molar-refractivity contribution in [3.05, 3.63) is 30.1 Å². The number of carbonyl (C=O) groups excluding carboxylic acids is 3. The average Bonchev–Trinajstić information content (AvgIpc) is 3.15. The molecule has 146 valence electrons. The maximum atomic E-state index is 12.8. The van der Waals surface area contributed by atoms with Crippen molar-refractivity contribution in [1.82, 2.24) is 14.8 Å². The van der Waals surface area contributed by atoms with E-state index in [1.165, 1.54) is 0 Å². The van der Waals surface area contributed by atoms with Crippen molar-refractivity contribution in [2.24, 2.45) is 11.1 Å². The Kier molecular flexibility index (Phi) is 5.33. The first-order valence-electron chi connectivity index (χ1n) is 9.44. The van der Waals surface area contributed by atoms with Gasteiger partial charge in [-0.2, -0.15) is 0 Å². The highest BCUT2D eigenvalue weighted by Crippen LogP contribution is 2.31. The highest BCUT2D eigenvalue weighted by Gasteiger charge is 2.51. The van der Waals surface area contributed by atoms with Gasteiger partial charge in [-0.15, -0.1) is 0 Å². The molecule has 0 bridgehead atoms. The number of nitrogens with two attached hydrogens (primary N) is 1. The van der Waals surface area contributed by atoms with Gasteiger partial charge >= 0.3 is 0 Å². The summed E-state index contributed by atoms with van der Waals surface area (Å²) in [5.41, 5.74) is 6.86. The Morgan fingerprint density at radius 1 is 1.33 bits per heavy atom. The largest absolute Gasteiger partial charge is 0.329 e. The van der Waals surface area contributed by atoms with Crippen molar-refractivity contribution in [2.75, 3.05) is 13.1 Å². The van der Waals surface area contributed by atoms with Gasteiger partial charge in [0.25, 0.3) is 0 Å². The average molecular weight is 372 g/mol. The van der Waals surface area contributed by atoms with Gasteiger partial charge in [0, 0.05) is 18.9 Å². The van der Waals surface area contributed by atoms with Gasteiger partial charge in [-0.25, -0.2) is 0 Å². The lowest BCUT2D eigenvalue weighted by atomic mass is 9.88. The van der Waals surface area contributed by atoms with Crippen molar-refractivity contribution in [1.29, 1.82) is 0 Å². The SMILES string of the molecule is CC(C)(C)CC(N)C(=O)N1CCC2C1C(=O)CN2C(=O)Cc1cccnc1. The molecule has 2 aliphatic heterocycles. The van der Waals surface area contributed by atoms with E-state index in [2.05, 4.69) is 4.98 Å². The summed E-state index contributed by atoms with van der Waals surface area (Å²) in [5.74, 6) is -0.363. The van der Waals surface area contributed by atoms with E-state index in [9.17, 15) is 14.4 Å². The third kappa shape index (κ3) is 4.18. The summed E-state index contributed by atoms with van der Waals surface area (Å²) >= 11 is 0. The first kappa shape index (κ1) is 19.5. The van der Waals surface area contributed by atoms with Gasteiger partial charge in [0.2, 0.25) is 11.8 Å². The number of aromatic nitrogens is 1. The number of amides is 2. The number of hydrogen-bond donors (Lipinski definition) is 1. The number of ketones is 1. The second-order valence-corrected chi connectivity index (χ2v) is 8.73. The topological polar surface area (TPSA) is 96.6 Å². The first-order chi connectivity index (χ1) is 12.7. The Morgan fingerprint density at radius 3 is 2.70 bits per heavy atom. The third-order valence-corrected chi connectivity index (χ3v) is 5.25. The molecule has 3 atom stereocenters. The Bertz CT molecular complexity index is 728. The molecule has 7 nitrogen and oxygen atoms in total. The number of likely N-dealkylation sites (tertiary alicyclic amines) is 2. The van der Waals surface area contributed by atoms with E-state index < -0.39 is 12.1 Å². The van der Waals surface area contributed by atoms with Gasteiger partial charge in [0.15, 0.2) is 5.78 Å². The molecule has 2 saturated heterocycles. The van der Waals surface area contributed by atoms with Crippen LogP contribution in [-0.4, -0.2) is 63.6 Å². The molecule has 7 heteroatoms. The number of pyridine rings is 1. The predicted molar refractivity (Wildman–Crippen MR) is 101 cm³/mol. The van der Waals surface area contributed by atoms with Crippen molar-refractivity contribution in [3.8, 4) is 0 Å². The summed E-state index contributed by atoms with van der Waals surface area (Å²) in [5, 5.41) is 0. The number of rotatable bonds is 4. The van der Waals surface area contributed by atoms with Crippen LogP contribution in [0.25, 0.3) is 0 Å². The molecule has 2 N–H and O–H groups in total. The normalized spacial score (nSPS) is 23.5. The molecule has 3 heterocycles. The van der Waals surface area contributed by atoms with Crippen LogP contribution in [0.3, 0.4) is 0 Å². The van der Waals surface area contributed by atoms with Crippen LogP contribution in [0.1, 0.15) is 39.2 Å². The smallest absolute Gasteiger partial charge is 0.240 e. The maximum Gasteiger partial charge on any atom is 0.240 e. The van der Waals surface area contributed by atoms with Crippen LogP contribution < -0.4 is 5.73 Å². The molecule has 27 heavy (non-hydrogen) atoms. The van der Waals surface area contributed by atoms with Crippen molar-refractivity contribution >= 4 is 17.6 Å². The Balaban J connectivity index is 1.69. The zero-order valence-electron chi connectivity index (χ0n) is 16.2. The summed E-state index contributed by atoms with van der Waals surface area (Å²) in [7, 11) is 0. The summed E-state index contributed by atoms with van der Waals surface area (Å²) in [6, 6.07) is 2.20. The minimum absolute atomic E-state index is 0.0622. The molecule has 0 radical (unpaired) electrons. The van der Waals surface area contributed by atoms with Gasteiger partial charge in [-0.3, -0.25) is 19.4 Å². The molecule has 1 aromatic heterocycles. The van der Waals surface area contributed by atoms with Crippen molar-refractivity contribution in [3.63, 3.8) is 0 Å². The quantitative estimate of drug-likeness (QED) is 0.842. The first-order valence-corrected chi connectivity index (χ1v) is 9.44. The van der Waals surface area contributed by atoms with Crippen LogP contribution in [0.15, 0.2) is 24.5 Å². The van der Waals surface area contributed by atoms with Crippen LogP contribution in [0.5, 0.6) is 0 Å². The molecular weight excluding hydrogens is 344 g/mol. The van der Waals surface area contributed by atoms with Crippen LogP contribution in [0.2, 0.25) is 0 Å². The van der Waals surface area contributed by atoms with Crippen LogP contribution >= 0.6 is 0 Å². The number of nitrogens with zero attached hydrogens (tertiary/aromatic N) is 3. The van der Waals surface area contributed by atoms with Gasteiger partial charge in [0.1, 0.15) is 6.04 Å². The highest BCUT2D eigenvalue weighted by molar-refractivity contribution is 5.98. The van der Waals surface area contributed by atoms with Crippen LogP contribution in [0, 0.1) is 5.41 Å². The molecule has 0 aliphatic carbocycles. The number of carbonyl (C=O) groups is 3. The van der Waals surface area contributed by atoms with E-state index in [0.717, 1.165) is 5.56 Å². The van der Waals surface area contributed by atoms with E-state index >= 15 is 0 Å².